The molecule has 0 fully saturated rings. The van der Waals surface area contributed by atoms with Crippen LogP contribution in [0.1, 0.15) is 15.9 Å². The highest BCUT2D eigenvalue weighted by molar-refractivity contribution is 6.68. The second-order valence-corrected chi connectivity index (χ2v) is 4.30. The lowest BCUT2D eigenvalue weighted by Gasteiger charge is -2.08. The van der Waals surface area contributed by atoms with Crippen molar-refractivity contribution in [3.63, 3.8) is 0 Å². The molecule has 17 heavy (non-hydrogen) atoms. The van der Waals surface area contributed by atoms with Crippen molar-refractivity contribution in [2.45, 2.75) is 6.54 Å². The normalized spacial score (nSPS) is 10.5. The van der Waals surface area contributed by atoms with Crippen LogP contribution in [0.5, 0.6) is 0 Å². The van der Waals surface area contributed by atoms with E-state index in [4.69, 9.17) is 34.8 Å². The van der Waals surface area contributed by atoms with Gasteiger partial charge in [0.15, 0.2) is 0 Å². The zero-order valence-corrected chi connectivity index (χ0v) is 10.5. The van der Waals surface area contributed by atoms with Gasteiger partial charge in [0, 0.05) is 10.6 Å². The molecule has 0 spiro atoms. The highest BCUT2D eigenvalue weighted by Crippen LogP contribution is 2.29. The van der Waals surface area contributed by atoms with Crippen LogP contribution in [0.15, 0.2) is 18.5 Å². The fourth-order valence-electron chi connectivity index (χ4n) is 1.31. The molecule has 0 aliphatic carbocycles. The van der Waals surface area contributed by atoms with Gasteiger partial charge in [-0.2, -0.15) is 0 Å². The molecule has 0 aliphatic heterocycles. The molecule has 0 amide bonds. The van der Waals surface area contributed by atoms with Gasteiger partial charge in [0.1, 0.15) is 6.33 Å². The minimum atomic E-state index is -0.635. The maximum atomic E-state index is 11.1. The van der Waals surface area contributed by atoms with Crippen molar-refractivity contribution in [3.8, 4) is 0 Å². The van der Waals surface area contributed by atoms with Crippen molar-refractivity contribution >= 4 is 40.0 Å². The van der Waals surface area contributed by atoms with Crippen LogP contribution in [-0.2, 0) is 6.54 Å². The van der Waals surface area contributed by atoms with Crippen LogP contribution in [0.25, 0.3) is 0 Å². The highest BCUT2D eigenvalue weighted by Gasteiger charge is 2.15. The van der Waals surface area contributed by atoms with Crippen molar-refractivity contribution in [2.75, 3.05) is 0 Å². The molecule has 1 aromatic heterocycles. The number of hydrogen-bond acceptors (Lipinski definition) is 4. The smallest absolute Gasteiger partial charge is 0.253 e. The van der Waals surface area contributed by atoms with Gasteiger partial charge in [0.05, 0.1) is 17.1 Å². The number of rotatable bonds is 3. The Bertz CT molecular complexity index is 556. The Balaban J connectivity index is 2.45. The molecule has 0 radical (unpaired) electrons. The summed E-state index contributed by atoms with van der Waals surface area (Å²) >= 11 is 17.5. The summed E-state index contributed by atoms with van der Waals surface area (Å²) in [6.07, 6.45) is 1.42. The first kappa shape index (κ1) is 12.3. The number of carbonyl (C=O) groups excluding carboxylic acids is 1. The van der Waals surface area contributed by atoms with E-state index in [0.29, 0.717) is 10.6 Å². The number of carbonyl (C=O) groups is 1. The van der Waals surface area contributed by atoms with E-state index in [1.54, 1.807) is 6.07 Å². The Morgan fingerprint density at radius 3 is 2.71 bits per heavy atom. The summed E-state index contributed by atoms with van der Waals surface area (Å²) in [4.78, 5) is 11.1. The summed E-state index contributed by atoms with van der Waals surface area (Å²) < 4.78 is 1.44. The second-order valence-electron chi connectivity index (χ2n) is 3.17. The van der Waals surface area contributed by atoms with Crippen LogP contribution >= 0.6 is 34.8 Å². The number of hydrogen-bond donors (Lipinski definition) is 0. The van der Waals surface area contributed by atoms with E-state index in [1.165, 1.54) is 17.1 Å². The van der Waals surface area contributed by atoms with Crippen LogP contribution in [0.3, 0.4) is 0 Å². The molecule has 1 heterocycles. The van der Waals surface area contributed by atoms with Gasteiger partial charge < -0.3 is 0 Å². The van der Waals surface area contributed by atoms with Gasteiger partial charge >= 0.3 is 0 Å². The van der Waals surface area contributed by atoms with Gasteiger partial charge in [0.25, 0.3) is 5.24 Å². The van der Waals surface area contributed by atoms with E-state index in [1.807, 2.05) is 0 Å². The Labute approximate surface area is 111 Å². The zero-order valence-electron chi connectivity index (χ0n) is 8.27. The molecule has 0 atom stereocenters. The highest BCUT2D eigenvalue weighted by atomic mass is 35.5. The molecular weight excluding hydrogens is 286 g/mol. The molecule has 2 aromatic rings. The molecule has 2 rings (SSSR count). The van der Waals surface area contributed by atoms with Gasteiger partial charge in [-0.1, -0.05) is 23.2 Å². The molecule has 8 heteroatoms. The van der Waals surface area contributed by atoms with Crippen LogP contribution in [0.2, 0.25) is 10.0 Å². The Morgan fingerprint density at radius 1 is 1.35 bits per heavy atom. The molecule has 0 N–H and O–H groups in total. The molecular formula is C9H5Cl3N4O. The molecule has 0 aliphatic rings. The van der Waals surface area contributed by atoms with Gasteiger partial charge in [0.2, 0.25) is 0 Å². The molecule has 88 valence electrons. The maximum Gasteiger partial charge on any atom is 0.253 e. The summed E-state index contributed by atoms with van der Waals surface area (Å²) in [6.45, 7) is 0.267. The number of benzene rings is 1. The fourth-order valence-corrected chi connectivity index (χ4v) is 2.09. The quantitative estimate of drug-likeness (QED) is 0.815. The maximum absolute atomic E-state index is 11.1. The average molecular weight is 292 g/mol. The van der Waals surface area contributed by atoms with Crippen molar-refractivity contribution in [2.24, 2.45) is 0 Å². The Morgan fingerprint density at radius 2 is 2.12 bits per heavy atom. The van der Waals surface area contributed by atoms with E-state index in [0.717, 1.165) is 0 Å². The predicted molar refractivity (Wildman–Crippen MR) is 63.6 cm³/mol. The Hall–Kier alpha value is -1.17. The minimum Gasteiger partial charge on any atom is -0.276 e. The lowest BCUT2D eigenvalue weighted by atomic mass is 10.1. The Kier molecular flexibility index (Phi) is 3.61. The second kappa shape index (κ2) is 5.00. The summed E-state index contributed by atoms with van der Waals surface area (Å²) in [7, 11) is 0. The van der Waals surface area contributed by atoms with Gasteiger partial charge in [-0.25, -0.2) is 4.68 Å². The first-order chi connectivity index (χ1) is 8.09. The molecule has 0 saturated carbocycles. The topological polar surface area (TPSA) is 60.7 Å². The molecule has 0 unspecified atom stereocenters. The van der Waals surface area contributed by atoms with Crippen LogP contribution in [0.4, 0.5) is 0 Å². The third kappa shape index (κ3) is 2.57. The summed E-state index contributed by atoms with van der Waals surface area (Å²) in [5.41, 5.74) is 0.757. The first-order valence-electron chi connectivity index (χ1n) is 4.47. The van der Waals surface area contributed by atoms with E-state index < -0.39 is 5.24 Å². The number of aromatic nitrogens is 4. The minimum absolute atomic E-state index is 0.209. The average Bonchev–Trinajstić information content (AvgIpc) is 2.76. The van der Waals surface area contributed by atoms with Crippen LogP contribution < -0.4 is 0 Å². The largest absolute Gasteiger partial charge is 0.276 e. The van der Waals surface area contributed by atoms with Crippen molar-refractivity contribution in [1.82, 2.24) is 20.2 Å². The fraction of sp³-hybridized carbons (Fsp3) is 0.111. The lowest BCUT2D eigenvalue weighted by Crippen LogP contribution is -2.04. The SMILES string of the molecule is O=C(Cl)c1ccc(Cl)c(Cn2cnnn2)c1Cl. The van der Waals surface area contributed by atoms with Crippen LogP contribution in [-0.4, -0.2) is 25.4 Å². The van der Waals surface area contributed by atoms with Crippen LogP contribution in [0, 0.1) is 0 Å². The van der Waals surface area contributed by atoms with E-state index in [-0.39, 0.29) is 17.1 Å². The van der Waals surface area contributed by atoms with E-state index in [2.05, 4.69) is 15.5 Å². The van der Waals surface area contributed by atoms with Gasteiger partial charge in [-0.15, -0.1) is 5.10 Å². The standard InChI is InChI=1S/C9H5Cl3N4O/c10-7-2-1-5(9(12)17)8(11)6(7)3-16-4-13-14-15-16/h1-2,4H,3H2. The number of halogens is 3. The summed E-state index contributed by atoms with van der Waals surface area (Å²) in [5.74, 6) is 0. The van der Waals surface area contributed by atoms with E-state index in [9.17, 15) is 4.79 Å². The lowest BCUT2D eigenvalue weighted by molar-refractivity contribution is 0.108. The number of tetrazole rings is 1. The molecule has 5 nitrogen and oxygen atoms in total. The van der Waals surface area contributed by atoms with Crippen molar-refractivity contribution in [1.29, 1.82) is 0 Å². The monoisotopic (exact) mass is 290 g/mol. The molecule has 1 aromatic carbocycles. The van der Waals surface area contributed by atoms with Gasteiger partial charge in [-0.3, -0.25) is 4.79 Å². The van der Waals surface area contributed by atoms with Gasteiger partial charge in [-0.05, 0) is 34.2 Å². The summed E-state index contributed by atoms with van der Waals surface area (Å²) in [6, 6.07) is 3.03. The predicted octanol–water partition coefficient (Wildman–Crippen LogP) is 2.41. The molecule has 0 bridgehead atoms. The third-order valence-electron chi connectivity index (χ3n) is 2.11. The summed E-state index contributed by atoms with van der Waals surface area (Å²) in [5, 5.41) is 10.7. The molecule has 0 saturated heterocycles. The zero-order chi connectivity index (χ0) is 12.4. The van der Waals surface area contributed by atoms with Crippen molar-refractivity contribution in [3.05, 3.63) is 39.6 Å². The number of nitrogens with zero attached hydrogens (tertiary/aromatic N) is 4. The van der Waals surface area contributed by atoms with Crippen molar-refractivity contribution < 1.29 is 4.79 Å². The third-order valence-corrected chi connectivity index (χ3v) is 3.10. The first-order valence-corrected chi connectivity index (χ1v) is 5.60. The van der Waals surface area contributed by atoms with E-state index >= 15 is 0 Å².